The van der Waals surface area contributed by atoms with Crippen molar-refractivity contribution < 1.29 is 5.11 Å². The standard InChI is InChI=1S/C15H15BrOS/c1-10-4-3-5-13(8-10)18-15-7-6-12(11(2)17)9-14(15)16/h3-9,11,17H,1-2H3/t11-/m0/s1. The first-order chi connectivity index (χ1) is 8.56. The summed E-state index contributed by atoms with van der Waals surface area (Å²) >= 11 is 5.28. The van der Waals surface area contributed by atoms with Gasteiger partial charge < -0.3 is 5.11 Å². The van der Waals surface area contributed by atoms with Gasteiger partial charge in [-0.2, -0.15) is 0 Å². The predicted molar refractivity (Wildman–Crippen MR) is 80.1 cm³/mol. The molecule has 0 fully saturated rings. The summed E-state index contributed by atoms with van der Waals surface area (Å²) in [7, 11) is 0. The molecule has 0 heterocycles. The van der Waals surface area contributed by atoms with Gasteiger partial charge >= 0.3 is 0 Å². The van der Waals surface area contributed by atoms with Gasteiger partial charge in [-0.15, -0.1) is 0 Å². The molecule has 0 unspecified atom stereocenters. The van der Waals surface area contributed by atoms with Gasteiger partial charge in [-0.25, -0.2) is 0 Å². The molecular weight excluding hydrogens is 308 g/mol. The lowest BCUT2D eigenvalue weighted by atomic mass is 10.1. The summed E-state index contributed by atoms with van der Waals surface area (Å²) in [6.07, 6.45) is -0.431. The van der Waals surface area contributed by atoms with E-state index in [2.05, 4.69) is 47.1 Å². The van der Waals surface area contributed by atoms with Crippen molar-refractivity contribution in [3.05, 3.63) is 58.1 Å². The van der Waals surface area contributed by atoms with E-state index >= 15 is 0 Å². The van der Waals surface area contributed by atoms with Crippen molar-refractivity contribution in [3.63, 3.8) is 0 Å². The van der Waals surface area contributed by atoms with Gasteiger partial charge in [0.1, 0.15) is 0 Å². The average Bonchev–Trinajstić information content (AvgIpc) is 2.31. The summed E-state index contributed by atoms with van der Waals surface area (Å²) in [5.41, 5.74) is 2.19. The summed E-state index contributed by atoms with van der Waals surface area (Å²) in [4.78, 5) is 2.38. The van der Waals surface area contributed by atoms with E-state index in [1.807, 2.05) is 18.2 Å². The second kappa shape index (κ2) is 5.91. The number of aliphatic hydroxyl groups excluding tert-OH is 1. The van der Waals surface area contributed by atoms with Crippen LogP contribution < -0.4 is 0 Å². The van der Waals surface area contributed by atoms with Gasteiger partial charge in [-0.1, -0.05) is 35.5 Å². The maximum atomic E-state index is 9.54. The molecule has 3 heteroatoms. The van der Waals surface area contributed by atoms with Gasteiger partial charge in [-0.05, 0) is 59.6 Å². The van der Waals surface area contributed by atoms with E-state index in [1.54, 1.807) is 18.7 Å². The van der Waals surface area contributed by atoms with Crippen LogP contribution in [0.15, 0.2) is 56.7 Å². The number of aliphatic hydroxyl groups is 1. The van der Waals surface area contributed by atoms with Crippen molar-refractivity contribution in [3.8, 4) is 0 Å². The van der Waals surface area contributed by atoms with Crippen molar-refractivity contribution in [2.45, 2.75) is 29.7 Å². The van der Waals surface area contributed by atoms with Gasteiger partial charge in [0.2, 0.25) is 0 Å². The van der Waals surface area contributed by atoms with Crippen LogP contribution in [-0.2, 0) is 0 Å². The van der Waals surface area contributed by atoms with Crippen LogP contribution in [0.2, 0.25) is 0 Å². The maximum absolute atomic E-state index is 9.54. The molecule has 1 atom stereocenters. The first-order valence-corrected chi connectivity index (χ1v) is 7.39. The Balaban J connectivity index is 2.24. The molecule has 0 saturated heterocycles. The van der Waals surface area contributed by atoms with Crippen LogP contribution in [0, 0.1) is 6.92 Å². The highest BCUT2D eigenvalue weighted by Crippen LogP contribution is 2.35. The Kier molecular flexibility index (Phi) is 4.49. The molecule has 18 heavy (non-hydrogen) atoms. The second-order valence-corrected chi connectivity index (χ2v) is 6.25. The molecule has 0 bridgehead atoms. The average molecular weight is 323 g/mol. The Morgan fingerprint density at radius 1 is 1.17 bits per heavy atom. The van der Waals surface area contributed by atoms with E-state index in [0.717, 1.165) is 14.9 Å². The minimum atomic E-state index is -0.431. The van der Waals surface area contributed by atoms with Crippen molar-refractivity contribution in [2.75, 3.05) is 0 Å². The minimum absolute atomic E-state index is 0.431. The van der Waals surface area contributed by atoms with Crippen LogP contribution in [0.5, 0.6) is 0 Å². The highest BCUT2D eigenvalue weighted by atomic mass is 79.9. The number of aryl methyl sites for hydroxylation is 1. The Hall–Kier alpha value is -0.770. The van der Waals surface area contributed by atoms with Crippen molar-refractivity contribution in [1.29, 1.82) is 0 Å². The molecule has 0 aliphatic rings. The molecule has 2 aromatic carbocycles. The zero-order chi connectivity index (χ0) is 13.1. The largest absolute Gasteiger partial charge is 0.389 e. The van der Waals surface area contributed by atoms with Crippen molar-refractivity contribution in [2.24, 2.45) is 0 Å². The molecule has 0 saturated carbocycles. The normalized spacial score (nSPS) is 12.4. The molecule has 0 aliphatic heterocycles. The number of hydrogen-bond acceptors (Lipinski definition) is 2. The van der Waals surface area contributed by atoms with E-state index in [0.29, 0.717) is 0 Å². The molecule has 2 aromatic rings. The lowest BCUT2D eigenvalue weighted by molar-refractivity contribution is 0.199. The fourth-order valence-electron chi connectivity index (χ4n) is 1.67. The summed E-state index contributed by atoms with van der Waals surface area (Å²) in [5.74, 6) is 0. The number of hydrogen-bond donors (Lipinski definition) is 1. The molecule has 2 rings (SSSR count). The Morgan fingerprint density at radius 2 is 1.94 bits per heavy atom. The Labute approximate surface area is 120 Å². The molecule has 0 radical (unpaired) electrons. The smallest absolute Gasteiger partial charge is 0.0762 e. The van der Waals surface area contributed by atoms with Crippen LogP contribution in [0.25, 0.3) is 0 Å². The third-order valence-corrected chi connectivity index (χ3v) is 4.64. The highest BCUT2D eigenvalue weighted by Gasteiger charge is 2.06. The fraction of sp³-hybridized carbons (Fsp3) is 0.200. The maximum Gasteiger partial charge on any atom is 0.0762 e. The van der Waals surface area contributed by atoms with E-state index in [-0.39, 0.29) is 0 Å². The topological polar surface area (TPSA) is 20.2 Å². The number of rotatable bonds is 3. The Bertz CT molecular complexity index is 552. The van der Waals surface area contributed by atoms with Crippen LogP contribution in [0.1, 0.15) is 24.2 Å². The molecule has 0 aromatic heterocycles. The molecular formula is C15H15BrOS. The SMILES string of the molecule is Cc1cccc(Sc2ccc([C@H](C)O)cc2Br)c1. The third-order valence-electron chi connectivity index (χ3n) is 2.66. The molecule has 0 aliphatic carbocycles. The van der Waals surface area contributed by atoms with Crippen molar-refractivity contribution >= 4 is 27.7 Å². The van der Waals surface area contributed by atoms with Gasteiger partial charge in [0.25, 0.3) is 0 Å². The van der Waals surface area contributed by atoms with E-state index in [4.69, 9.17) is 0 Å². The molecule has 0 amide bonds. The van der Waals surface area contributed by atoms with Crippen LogP contribution in [0.3, 0.4) is 0 Å². The number of benzene rings is 2. The number of halogens is 1. The summed E-state index contributed by atoms with van der Waals surface area (Å²) in [5, 5.41) is 9.54. The zero-order valence-corrected chi connectivity index (χ0v) is 12.8. The summed E-state index contributed by atoms with van der Waals surface area (Å²) < 4.78 is 1.02. The van der Waals surface area contributed by atoms with Gasteiger partial charge in [0.05, 0.1) is 6.10 Å². The molecule has 0 spiro atoms. The quantitative estimate of drug-likeness (QED) is 0.861. The van der Waals surface area contributed by atoms with Crippen LogP contribution in [-0.4, -0.2) is 5.11 Å². The lowest BCUT2D eigenvalue weighted by Crippen LogP contribution is -1.90. The van der Waals surface area contributed by atoms with Crippen LogP contribution >= 0.6 is 27.7 Å². The Morgan fingerprint density at radius 3 is 2.56 bits per heavy atom. The highest BCUT2D eigenvalue weighted by molar-refractivity contribution is 9.10. The van der Waals surface area contributed by atoms with Gasteiger partial charge in [0, 0.05) is 14.3 Å². The minimum Gasteiger partial charge on any atom is -0.389 e. The molecule has 94 valence electrons. The lowest BCUT2D eigenvalue weighted by Gasteiger charge is -2.09. The van der Waals surface area contributed by atoms with E-state index in [1.165, 1.54) is 10.5 Å². The monoisotopic (exact) mass is 322 g/mol. The summed E-state index contributed by atoms with van der Waals surface area (Å²) in [6, 6.07) is 14.4. The van der Waals surface area contributed by atoms with Crippen molar-refractivity contribution in [1.82, 2.24) is 0 Å². The van der Waals surface area contributed by atoms with Gasteiger partial charge in [-0.3, -0.25) is 0 Å². The van der Waals surface area contributed by atoms with E-state index < -0.39 is 6.10 Å². The zero-order valence-electron chi connectivity index (χ0n) is 10.4. The summed E-state index contributed by atoms with van der Waals surface area (Å²) in [6.45, 7) is 3.87. The third kappa shape index (κ3) is 3.37. The van der Waals surface area contributed by atoms with Gasteiger partial charge in [0.15, 0.2) is 0 Å². The first kappa shape index (κ1) is 13.7. The first-order valence-electron chi connectivity index (χ1n) is 5.78. The predicted octanol–water partition coefficient (Wildman–Crippen LogP) is 4.96. The molecule has 1 nitrogen and oxygen atoms in total. The van der Waals surface area contributed by atoms with Crippen LogP contribution in [0.4, 0.5) is 0 Å². The van der Waals surface area contributed by atoms with E-state index in [9.17, 15) is 5.11 Å². The fourth-order valence-corrected chi connectivity index (χ4v) is 3.24. The second-order valence-electron chi connectivity index (χ2n) is 4.28. The molecule has 1 N–H and O–H groups in total.